The molecule has 0 spiro atoms. The highest BCUT2D eigenvalue weighted by atomic mass is 79.9. The van der Waals surface area contributed by atoms with Crippen LogP contribution in [0.1, 0.15) is 13.8 Å². The first-order valence-electron chi connectivity index (χ1n) is 10.0. The molecular weight excluding hydrogens is 446 g/mol. The third kappa shape index (κ3) is 4.60. The largest absolute Gasteiger partial charge is 0.389 e. The first-order chi connectivity index (χ1) is 14.3. The number of anilines is 2. The van der Waals surface area contributed by atoms with E-state index in [4.69, 9.17) is 0 Å². The second kappa shape index (κ2) is 8.28. The van der Waals surface area contributed by atoms with Gasteiger partial charge in [-0.25, -0.2) is 14.0 Å². The molecule has 8 heteroatoms. The van der Waals surface area contributed by atoms with E-state index < -0.39 is 5.60 Å². The fourth-order valence-electron chi connectivity index (χ4n) is 3.69. The normalized spacial score (nSPS) is 14.9. The highest BCUT2D eigenvalue weighted by Crippen LogP contribution is 2.23. The first-order valence-corrected chi connectivity index (χ1v) is 10.8. The summed E-state index contributed by atoms with van der Waals surface area (Å²) < 4.78 is 3.88. The van der Waals surface area contributed by atoms with Crippen molar-refractivity contribution in [2.75, 3.05) is 36.0 Å². The first kappa shape index (κ1) is 20.7. The van der Waals surface area contributed by atoms with E-state index in [9.17, 15) is 9.90 Å². The predicted octanol–water partition coefficient (Wildman–Crippen LogP) is 2.89. The smallest absolute Gasteiger partial charge is 0.350 e. The molecule has 0 saturated carbocycles. The van der Waals surface area contributed by atoms with Gasteiger partial charge in [-0.3, -0.25) is 0 Å². The van der Waals surface area contributed by atoms with Crippen LogP contribution in [0.3, 0.4) is 0 Å². The van der Waals surface area contributed by atoms with E-state index in [0.29, 0.717) is 0 Å². The van der Waals surface area contributed by atoms with E-state index in [-0.39, 0.29) is 12.2 Å². The second-order valence-electron chi connectivity index (χ2n) is 8.22. The number of halogens is 1. The molecule has 1 saturated heterocycles. The average Bonchev–Trinajstić information content (AvgIpc) is 3.07. The molecule has 1 fully saturated rings. The van der Waals surface area contributed by atoms with E-state index in [1.807, 2.05) is 24.3 Å². The summed E-state index contributed by atoms with van der Waals surface area (Å²) >= 11 is 3.49. The maximum absolute atomic E-state index is 12.6. The Bertz CT molecular complexity index is 1040. The van der Waals surface area contributed by atoms with Gasteiger partial charge in [0.2, 0.25) is 0 Å². The number of hydrogen-bond acceptors (Lipinski definition) is 5. The molecule has 7 nitrogen and oxygen atoms in total. The van der Waals surface area contributed by atoms with Gasteiger partial charge < -0.3 is 14.9 Å². The van der Waals surface area contributed by atoms with Crippen molar-refractivity contribution in [1.29, 1.82) is 0 Å². The summed E-state index contributed by atoms with van der Waals surface area (Å²) in [7, 11) is 0. The highest BCUT2D eigenvalue weighted by molar-refractivity contribution is 9.10. The second-order valence-corrected chi connectivity index (χ2v) is 9.14. The van der Waals surface area contributed by atoms with Crippen molar-refractivity contribution in [1.82, 2.24) is 14.3 Å². The van der Waals surface area contributed by atoms with Crippen LogP contribution in [0.25, 0.3) is 5.69 Å². The predicted molar refractivity (Wildman–Crippen MR) is 123 cm³/mol. The van der Waals surface area contributed by atoms with Crippen LogP contribution in [-0.4, -0.2) is 51.2 Å². The van der Waals surface area contributed by atoms with E-state index >= 15 is 0 Å². The van der Waals surface area contributed by atoms with E-state index in [0.717, 1.165) is 42.0 Å². The van der Waals surface area contributed by atoms with Crippen molar-refractivity contribution in [2.45, 2.75) is 26.0 Å². The number of hydrogen-bond donors (Lipinski definition) is 1. The Kier molecular flexibility index (Phi) is 5.71. The van der Waals surface area contributed by atoms with Crippen molar-refractivity contribution < 1.29 is 5.11 Å². The number of nitrogens with zero attached hydrogens (tertiary/aromatic N) is 5. The van der Waals surface area contributed by atoms with Gasteiger partial charge in [-0.15, -0.1) is 0 Å². The molecule has 1 aliphatic rings. The van der Waals surface area contributed by atoms with Gasteiger partial charge in [0.25, 0.3) is 0 Å². The average molecular weight is 472 g/mol. The molecule has 4 rings (SSSR count). The number of rotatable bonds is 5. The summed E-state index contributed by atoms with van der Waals surface area (Å²) in [5, 5.41) is 14.1. The zero-order chi connectivity index (χ0) is 21.3. The van der Waals surface area contributed by atoms with Crippen LogP contribution in [0, 0.1) is 0 Å². The molecule has 2 aromatic carbocycles. The molecule has 0 atom stereocenters. The van der Waals surface area contributed by atoms with Crippen molar-refractivity contribution in [3.8, 4) is 5.69 Å². The lowest BCUT2D eigenvalue weighted by atomic mass is 10.1. The maximum Gasteiger partial charge on any atom is 0.350 e. The highest BCUT2D eigenvalue weighted by Gasteiger charge is 2.19. The Labute approximate surface area is 184 Å². The van der Waals surface area contributed by atoms with E-state index in [2.05, 4.69) is 55.1 Å². The minimum Gasteiger partial charge on any atom is -0.389 e. The molecule has 0 radical (unpaired) electrons. The van der Waals surface area contributed by atoms with Gasteiger partial charge in [0.15, 0.2) is 0 Å². The van der Waals surface area contributed by atoms with E-state index in [1.165, 1.54) is 21.3 Å². The molecule has 1 N–H and O–H groups in total. The fourth-order valence-corrected chi connectivity index (χ4v) is 3.95. The molecule has 0 amide bonds. The number of aromatic nitrogens is 3. The van der Waals surface area contributed by atoms with Crippen LogP contribution in [0.5, 0.6) is 0 Å². The standard InChI is InChI=1S/C22H26BrN5O2/c1-22(2,30)15-28-21(29)27(16-24-28)20-9-7-19(8-10-20)26-13-11-25(12-14-26)18-5-3-17(23)4-6-18/h3-10,16,30H,11-15H2,1-2H3. The van der Waals surface area contributed by atoms with Gasteiger partial charge >= 0.3 is 5.69 Å². The van der Waals surface area contributed by atoms with Crippen molar-refractivity contribution in [3.05, 3.63) is 69.8 Å². The summed E-state index contributed by atoms with van der Waals surface area (Å²) in [5.74, 6) is 0. The van der Waals surface area contributed by atoms with Crippen LogP contribution >= 0.6 is 15.9 Å². The van der Waals surface area contributed by atoms with Gasteiger partial charge in [0.1, 0.15) is 6.33 Å². The SMILES string of the molecule is CC(C)(O)Cn1ncn(-c2ccc(N3CCN(c4ccc(Br)cc4)CC3)cc2)c1=O. The Morgan fingerprint density at radius 1 is 0.900 bits per heavy atom. The van der Waals surface area contributed by atoms with Crippen LogP contribution in [0.4, 0.5) is 11.4 Å². The molecule has 30 heavy (non-hydrogen) atoms. The summed E-state index contributed by atoms with van der Waals surface area (Å²) in [4.78, 5) is 17.3. The molecule has 0 unspecified atom stereocenters. The molecule has 3 aromatic rings. The van der Waals surface area contributed by atoms with Crippen LogP contribution in [0.2, 0.25) is 0 Å². The maximum atomic E-state index is 12.6. The molecule has 1 aromatic heterocycles. The lowest BCUT2D eigenvalue weighted by Gasteiger charge is -2.37. The molecular formula is C22H26BrN5O2. The zero-order valence-electron chi connectivity index (χ0n) is 17.2. The quantitative estimate of drug-likeness (QED) is 0.619. The lowest BCUT2D eigenvalue weighted by molar-refractivity contribution is 0.0564. The number of benzene rings is 2. The summed E-state index contributed by atoms with van der Waals surface area (Å²) in [6.07, 6.45) is 1.50. The fraction of sp³-hybridized carbons (Fsp3) is 0.364. The van der Waals surface area contributed by atoms with Crippen molar-refractivity contribution in [2.24, 2.45) is 0 Å². The third-order valence-corrected chi connectivity index (χ3v) is 5.76. The zero-order valence-corrected chi connectivity index (χ0v) is 18.8. The van der Waals surface area contributed by atoms with Gasteiger partial charge in [0.05, 0.1) is 17.8 Å². The molecule has 0 aliphatic carbocycles. The lowest BCUT2D eigenvalue weighted by Crippen LogP contribution is -2.46. The Balaban J connectivity index is 1.42. The Morgan fingerprint density at radius 2 is 1.37 bits per heavy atom. The monoisotopic (exact) mass is 471 g/mol. The number of aliphatic hydroxyl groups is 1. The van der Waals surface area contributed by atoms with Crippen molar-refractivity contribution in [3.63, 3.8) is 0 Å². The number of piperazine rings is 1. The minimum absolute atomic E-state index is 0.152. The van der Waals surface area contributed by atoms with Gasteiger partial charge in [-0.1, -0.05) is 15.9 Å². The van der Waals surface area contributed by atoms with Crippen LogP contribution < -0.4 is 15.5 Å². The molecule has 1 aliphatic heterocycles. The summed E-state index contributed by atoms with van der Waals surface area (Å²) in [6.45, 7) is 7.28. The van der Waals surface area contributed by atoms with Crippen LogP contribution in [0.15, 0.2) is 64.1 Å². The molecule has 0 bridgehead atoms. The molecule has 2 heterocycles. The third-order valence-electron chi connectivity index (χ3n) is 5.23. The van der Waals surface area contributed by atoms with Gasteiger partial charge in [-0.2, -0.15) is 5.10 Å². The topological polar surface area (TPSA) is 66.5 Å². The van der Waals surface area contributed by atoms with E-state index in [1.54, 1.807) is 13.8 Å². The van der Waals surface area contributed by atoms with Gasteiger partial charge in [0, 0.05) is 42.0 Å². The summed E-state index contributed by atoms with van der Waals surface area (Å²) in [6, 6.07) is 16.4. The van der Waals surface area contributed by atoms with Gasteiger partial charge in [-0.05, 0) is 62.4 Å². The Morgan fingerprint density at radius 3 is 1.87 bits per heavy atom. The van der Waals surface area contributed by atoms with Crippen LogP contribution in [-0.2, 0) is 6.54 Å². The van der Waals surface area contributed by atoms with Crippen molar-refractivity contribution >= 4 is 27.3 Å². The Hall–Kier alpha value is -2.58. The minimum atomic E-state index is -0.995. The molecule has 158 valence electrons. The summed E-state index contributed by atoms with van der Waals surface area (Å²) in [5.41, 5.74) is 1.90.